The second-order valence-corrected chi connectivity index (χ2v) is 3.77. The van der Waals surface area contributed by atoms with Gasteiger partial charge in [0.05, 0.1) is 0 Å². The molecule has 2 unspecified atom stereocenters. The van der Waals surface area contributed by atoms with E-state index in [2.05, 4.69) is 0 Å². The third-order valence-electron chi connectivity index (χ3n) is 2.22. The zero-order chi connectivity index (χ0) is 11.5. The molecule has 0 saturated heterocycles. The van der Waals surface area contributed by atoms with E-state index < -0.39 is 18.3 Å². The number of nitrogens with two attached hydrogens (primary N) is 1. The first-order valence-corrected chi connectivity index (χ1v) is 4.79. The Bertz CT molecular complexity index is 166. The minimum absolute atomic E-state index is 0.155. The lowest BCUT2D eigenvalue weighted by molar-refractivity contribution is -0.192. The molecule has 5 heteroatoms. The van der Waals surface area contributed by atoms with Crippen LogP contribution in [0.3, 0.4) is 0 Å². The molecule has 0 amide bonds. The van der Waals surface area contributed by atoms with Crippen LogP contribution in [0.4, 0.5) is 13.2 Å². The Labute approximate surface area is 83.3 Å². The molecule has 0 radical (unpaired) electrons. The van der Waals surface area contributed by atoms with Crippen LogP contribution in [0.15, 0.2) is 0 Å². The highest BCUT2D eigenvalue weighted by atomic mass is 19.4. The van der Waals surface area contributed by atoms with Gasteiger partial charge in [0.25, 0.3) is 0 Å². The number of likely N-dealkylation sites (N-methyl/N-ethyl adjacent to an activating group) is 1. The third kappa shape index (κ3) is 3.46. The molecule has 0 fully saturated rings. The van der Waals surface area contributed by atoms with Gasteiger partial charge in [-0.1, -0.05) is 6.92 Å². The topological polar surface area (TPSA) is 29.3 Å². The first-order chi connectivity index (χ1) is 6.21. The average Bonchev–Trinajstić information content (AvgIpc) is 1.95. The van der Waals surface area contributed by atoms with E-state index in [9.17, 15) is 13.2 Å². The van der Waals surface area contributed by atoms with E-state index in [1.165, 1.54) is 11.8 Å². The van der Waals surface area contributed by atoms with Crippen molar-refractivity contribution in [1.29, 1.82) is 0 Å². The maximum atomic E-state index is 12.6. The fourth-order valence-corrected chi connectivity index (χ4v) is 1.67. The van der Waals surface area contributed by atoms with Crippen LogP contribution in [0.5, 0.6) is 0 Å². The van der Waals surface area contributed by atoms with Crippen molar-refractivity contribution in [2.24, 2.45) is 5.73 Å². The molecule has 0 aromatic heterocycles. The van der Waals surface area contributed by atoms with E-state index >= 15 is 0 Å². The summed E-state index contributed by atoms with van der Waals surface area (Å²) in [6, 6.07) is -2.61. The number of hydrogen-bond acceptors (Lipinski definition) is 2. The van der Waals surface area contributed by atoms with Gasteiger partial charge in [-0.25, -0.2) is 0 Å². The molecule has 0 aliphatic carbocycles. The summed E-state index contributed by atoms with van der Waals surface area (Å²) in [5.41, 5.74) is 5.38. The monoisotopic (exact) mass is 212 g/mol. The molecule has 0 aromatic rings. The number of halogens is 3. The van der Waals surface area contributed by atoms with Crippen LogP contribution in [-0.4, -0.2) is 35.7 Å². The van der Waals surface area contributed by atoms with Gasteiger partial charge < -0.3 is 5.73 Å². The average molecular weight is 212 g/mol. The molecule has 86 valence electrons. The summed E-state index contributed by atoms with van der Waals surface area (Å²) < 4.78 is 37.9. The Morgan fingerprint density at radius 1 is 1.21 bits per heavy atom. The van der Waals surface area contributed by atoms with Crippen molar-refractivity contribution in [3.8, 4) is 0 Å². The fraction of sp³-hybridized carbons (Fsp3) is 1.00. The number of rotatable bonds is 4. The van der Waals surface area contributed by atoms with Gasteiger partial charge in [-0.15, -0.1) is 0 Å². The molecule has 2 nitrogen and oxygen atoms in total. The van der Waals surface area contributed by atoms with Crippen LogP contribution in [0.1, 0.15) is 27.7 Å². The van der Waals surface area contributed by atoms with Gasteiger partial charge in [-0.05, 0) is 27.3 Å². The van der Waals surface area contributed by atoms with Crippen molar-refractivity contribution in [3.63, 3.8) is 0 Å². The lowest BCUT2D eigenvalue weighted by Gasteiger charge is -2.37. The lowest BCUT2D eigenvalue weighted by Crippen LogP contribution is -2.57. The molecule has 0 aromatic carbocycles. The van der Waals surface area contributed by atoms with Crippen LogP contribution in [0.2, 0.25) is 0 Å². The fourth-order valence-electron chi connectivity index (χ4n) is 1.67. The molecule has 14 heavy (non-hydrogen) atoms. The predicted octanol–water partition coefficient (Wildman–Crippen LogP) is 1.99. The van der Waals surface area contributed by atoms with Crippen LogP contribution < -0.4 is 5.73 Å². The summed E-state index contributed by atoms with van der Waals surface area (Å²) >= 11 is 0. The first-order valence-electron chi connectivity index (χ1n) is 4.79. The maximum absolute atomic E-state index is 12.6. The van der Waals surface area contributed by atoms with E-state index in [-0.39, 0.29) is 6.04 Å². The highest BCUT2D eigenvalue weighted by Gasteiger charge is 2.45. The summed E-state index contributed by atoms with van der Waals surface area (Å²) in [5.74, 6) is 0. The Balaban J connectivity index is 4.80. The van der Waals surface area contributed by atoms with Gasteiger partial charge in [0.1, 0.15) is 6.04 Å². The van der Waals surface area contributed by atoms with Crippen molar-refractivity contribution in [1.82, 2.24) is 4.90 Å². The van der Waals surface area contributed by atoms with Crippen molar-refractivity contribution >= 4 is 0 Å². The lowest BCUT2D eigenvalue weighted by atomic mass is 10.1. The number of nitrogens with zero attached hydrogens (tertiary/aromatic N) is 1. The maximum Gasteiger partial charge on any atom is 0.405 e. The zero-order valence-corrected chi connectivity index (χ0v) is 9.10. The number of hydrogen-bond donors (Lipinski definition) is 1. The van der Waals surface area contributed by atoms with Gasteiger partial charge in [-0.2, -0.15) is 13.2 Å². The summed E-state index contributed by atoms with van der Waals surface area (Å²) in [5, 5.41) is 0. The van der Waals surface area contributed by atoms with Gasteiger partial charge in [0.15, 0.2) is 0 Å². The summed E-state index contributed by atoms with van der Waals surface area (Å²) in [4.78, 5) is 1.37. The van der Waals surface area contributed by atoms with Gasteiger partial charge in [-0.3, -0.25) is 4.90 Å². The van der Waals surface area contributed by atoms with Gasteiger partial charge in [0, 0.05) is 12.1 Å². The van der Waals surface area contributed by atoms with Crippen LogP contribution in [-0.2, 0) is 0 Å². The van der Waals surface area contributed by atoms with Crippen molar-refractivity contribution in [2.45, 2.75) is 52.0 Å². The van der Waals surface area contributed by atoms with Crippen molar-refractivity contribution < 1.29 is 13.2 Å². The minimum Gasteiger partial charge on any atom is -0.326 e. The second-order valence-electron chi connectivity index (χ2n) is 3.77. The van der Waals surface area contributed by atoms with Crippen molar-refractivity contribution in [2.75, 3.05) is 6.54 Å². The largest absolute Gasteiger partial charge is 0.405 e. The molecule has 0 rings (SSSR count). The molecule has 0 saturated carbocycles. The minimum atomic E-state index is -4.26. The van der Waals surface area contributed by atoms with Crippen LogP contribution in [0.25, 0.3) is 0 Å². The normalized spacial score (nSPS) is 17.6. The van der Waals surface area contributed by atoms with E-state index in [0.717, 1.165) is 0 Å². The Kier molecular flexibility index (Phi) is 4.88. The molecular weight excluding hydrogens is 193 g/mol. The molecule has 0 aliphatic heterocycles. The predicted molar refractivity (Wildman–Crippen MR) is 51.0 cm³/mol. The Hall–Kier alpha value is -0.290. The highest BCUT2D eigenvalue weighted by molar-refractivity contribution is 4.86. The quantitative estimate of drug-likeness (QED) is 0.772. The molecule has 0 spiro atoms. The Morgan fingerprint density at radius 2 is 1.64 bits per heavy atom. The second kappa shape index (κ2) is 4.98. The SMILES string of the molecule is CCN(C(C)C)C(C(C)N)C(F)(F)F. The van der Waals surface area contributed by atoms with Crippen molar-refractivity contribution in [3.05, 3.63) is 0 Å². The van der Waals surface area contributed by atoms with Gasteiger partial charge >= 0.3 is 6.18 Å². The van der Waals surface area contributed by atoms with E-state index in [0.29, 0.717) is 6.54 Å². The van der Waals surface area contributed by atoms with Gasteiger partial charge in [0.2, 0.25) is 0 Å². The van der Waals surface area contributed by atoms with Crippen LogP contribution >= 0.6 is 0 Å². The third-order valence-corrected chi connectivity index (χ3v) is 2.22. The smallest absolute Gasteiger partial charge is 0.326 e. The molecule has 0 heterocycles. The Morgan fingerprint density at radius 3 is 1.71 bits per heavy atom. The standard InChI is InChI=1S/C9H19F3N2/c1-5-14(6(2)3)8(7(4)13)9(10,11)12/h6-8H,5,13H2,1-4H3. The summed E-state index contributed by atoms with van der Waals surface area (Å²) in [6.45, 7) is 6.93. The first kappa shape index (κ1) is 13.7. The molecule has 2 N–H and O–H groups in total. The number of alkyl halides is 3. The summed E-state index contributed by atoms with van der Waals surface area (Å²) in [7, 11) is 0. The van der Waals surface area contributed by atoms with E-state index in [4.69, 9.17) is 5.73 Å². The summed E-state index contributed by atoms with van der Waals surface area (Å²) in [6.07, 6.45) is -4.26. The highest BCUT2D eigenvalue weighted by Crippen LogP contribution is 2.27. The molecular formula is C9H19F3N2. The van der Waals surface area contributed by atoms with Crippen LogP contribution in [0, 0.1) is 0 Å². The molecule has 0 aliphatic rings. The molecule has 2 atom stereocenters. The van der Waals surface area contributed by atoms with E-state index in [1.54, 1.807) is 20.8 Å². The zero-order valence-electron chi connectivity index (χ0n) is 9.10. The molecule has 0 bridgehead atoms. The van der Waals surface area contributed by atoms with E-state index in [1.807, 2.05) is 0 Å².